The Hall–Kier alpha value is -3.06. The Bertz CT molecular complexity index is 916. The number of Topliss-reactive ketones (excluding diaryl/α,β-unsaturated/α-hetero) is 2. The predicted molar refractivity (Wildman–Crippen MR) is 112 cm³/mol. The Morgan fingerprint density at radius 3 is 1.80 bits per heavy atom. The number of ketones is 2. The first-order valence-corrected chi connectivity index (χ1v) is 9.73. The van der Waals surface area contributed by atoms with E-state index >= 15 is 0 Å². The van der Waals surface area contributed by atoms with Crippen LogP contribution in [0.5, 0.6) is 23.0 Å². The van der Waals surface area contributed by atoms with Crippen LogP contribution in [0.15, 0.2) is 36.4 Å². The number of carbonyl (C=O) groups is 2. The molecule has 162 valence electrons. The molecule has 0 aromatic heterocycles. The molecule has 0 fully saturated rings. The van der Waals surface area contributed by atoms with Crippen molar-refractivity contribution in [1.82, 2.24) is 0 Å². The summed E-state index contributed by atoms with van der Waals surface area (Å²) >= 11 is 0. The first kappa shape index (κ1) is 23.2. The fraction of sp³-hybridized carbons (Fsp3) is 0.391. The monoisotopic (exact) mass is 416 g/mol. The van der Waals surface area contributed by atoms with Crippen molar-refractivity contribution in [3.63, 3.8) is 0 Å². The zero-order valence-electron chi connectivity index (χ0n) is 17.6. The van der Waals surface area contributed by atoms with Crippen molar-refractivity contribution in [2.75, 3.05) is 20.8 Å². The molecule has 0 aliphatic carbocycles. The molecular formula is C23H28O7. The third-order valence-electron chi connectivity index (χ3n) is 5.68. The lowest BCUT2D eigenvalue weighted by Crippen LogP contribution is -2.45. The summed E-state index contributed by atoms with van der Waals surface area (Å²) in [5, 5.41) is 30.9. The number of hydrogen-bond acceptors (Lipinski definition) is 7. The summed E-state index contributed by atoms with van der Waals surface area (Å²) in [5.74, 6) is -1.71. The minimum absolute atomic E-state index is 0.00287. The van der Waals surface area contributed by atoms with E-state index in [1.165, 1.54) is 44.6 Å². The number of carbonyl (C=O) groups excluding carboxylic acids is 2. The molecule has 0 spiro atoms. The fourth-order valence-corrected chi connectivity index (χ4v) is 3.82. The van der Waals surface area contributed by atoms with E-state index in [0.29, 0.717) is 11.5 Å². The van der Waals surface area contributed by atoms with Crippen molar-refractivity contribution in [3.05, 3.63) is 47.5 Å². The molecule has 2 rings (SSSR count). The van der Waals surface area contributed by atoms with Crippen LogP contribution >= 0.6 is 0 Å². The Morgan fingerprint density at radius 2 is 1.43 bits per heavy atom. The molecule has 2 aromatic rings. The van der Waals surface area contributed by atoms with Crippen molar-refractivity contribution in [3.8, 4) is 23.0 Å². The van der Waals surface area contributed by atoms with Gasteiger partial charge in [-0.15, -0.1) is 0 Å². The summed E-state index contributed by atoms with van der Waals surface area (Å²) in [6, 6.07) is 8.56. The number of aromatic hydroxyl groups is 2. The van der Waals surface area contributed by atoms with Gasteiger partial charge in [0.25, 0.3) is 0 Å². The minimum Gasteiger partial charge on any atom is -0.507 e. The van der Waals surface area contributed by atoms with Gasteiger partial charge in [0.15, 0.2) is 11.6 Å². The summed E-state index contributed by atoms with van der Waals surface area (Å²) in [6.07, 6.45) is 0.413. The van der Waals surface area contributed by atoms with Gasteiger partial charge in [0.1, 0.15) is 23.0 Å². The van der Waals surface area contributed by atoms with Crippen LogP contribution in [0, 0.1) is 11.3 Å². The lowest BCUT2D eigenvalue weighted by molar-refractivity contribution is 0.0351. The highest BCUT2D eigenvalue weighted by molar-refractivity contribution is 6.09. The normalized spacial score (nSPS) is 13.9. The molecule has 7 heteroatoms. The molecule has 2 aromatic carbocycles. The molecule has 0 radical (unpaired) electrons. The van der Waals surface area contributed by atoms with Crippen LogP contribution < -0.4 is 9.47 Å². The SMILES string of the molecule is CC[C@@H](C(=O)c1ccc(OC)cc1O)[C@@](CC)(CO)C(=O)c1ccc(OC)cc1O. The number of rotatable bonds is 10. The Labute approximate surface area is 175 Å². The van der Waals surface area contributed by atoms with Crippen molar-refractivity contribution in [1.29, 1.82) is 0 Å². The Balaban J connectivity index is 2.54. The number of benzene rings is 2. The number of phenolic OH excluding ortho intramolecular Hbond substituents is 2. The van der Waals surface area contributed by atoms with Gasteiger partial charge in [-0.25, -0.2) is 0 Å². The fourth-order valence-electron chi connectivity index (χ4n) is 3.82. The predicted octanol–water partition coefficient (Wildman–Crippen LogP) is 3.60. The second-order valence-electron chi connectivity index (χ2n) is 7.09. The highest BCUT2D eigenvalue weighted by Gasteiger charge is 2.47. The second kappa shape index (κ2) is 9.63. The van der Waals surface area contributed by atoms with Gasteiger partial charge in [-0.05, 0) is 37.1 Å². The lowest BCUT2D eigenvalue weighted by atomic mass is 9.65. The summed E-state index contributed by atoms with van der Waals surface area (Å²) < 4.78 is 10.1. The highest BCUT2D eigenvalue weighted by atomic mass is 16.5. The van der Waals surface area contributed by atoms with Crippen molar-refractivity contribution >= 4 is 11.6 Å². The quantitative estimate of drug-likeness (QED) is 0.507. The van der Waals surface area contributed by atoms with Gasteiger partial charge in [0, 0.05) is 18.1 Å². The van der Waals surface area contributed by atoms with Crippen molar-refractivity contribution < 1.29 is 34.4 Å². The molecule has 3 N–H and O–H groups in total. The average molecular weight is 416 g/mol. The molecule has 0 saturated carbocycles. The van der Waals surface area contributed by atoms with Crippen molar-refractivity contribution in [2.24, 2.45) is 11.3 Å². The van der Waals surface area contributed by atoms with E-state index in [0.717, 1.165) is 0 Å². The number of hydrogen-bond donors (Lipinski definition) is 3. The van der Waals surface area contributed by atoms with E-state index in [-0.39, 0.29) is 35.5 Å². The van der Waals surface area contributed by atoms with Gasteiger partial charge in [0.05, 0.1) is 37.4 Å². The molecular weight excluding hydrogens is 388 g/mol. The number of aliphatic hydroxyl groups excluding tert-OH is 1. The molecule has 30 heavy (non-hydrogen) atoms. The van der Waals surface area contributed by atoms with Crippen molar-refractivity contribution in [2.45, 2.75) is 26.7 Å². The number of ether oxygens (including phenoxy) is 2. The molecule has 0 saturated heterocycles. The molecule has 0 bridgehead atoms. The van der Waals surface area contributed by atoms with Gasteiger partial charge in [-0.3, -0.25) is 9.59 Å². The van der Waals surface area contributed by atoms with Crippen LogP contribution in [0.2, 0.25) is 0 Å². The van der Waals surface area contributed by atoms with E-state index in [2.05, 4.69) is 0 Å². The minimum atomic E-state index is -1.47. The maximum absolute atomic E-state index is 13.5. The van der Waals surface area contributed by atoms with E-state index in [9.17, 15) is 24.9 Å². The van der Waals surface area contributed by atoms with E-state index in [1.807, 2.05) is 0 Å². The number of phenols is 2. The second-order valence-corrected chi connectivity index (χ2v) is 7.09. The topological polar surface area (TPSA) is 113 Å². The van der Waals surface area contributed by atoms with E-state index in [1.54, 1.807) is 19.9 Å². The summed E-state index contributed by atoms with van der Waals surface area (Å²) in [5.41, 5.74) is -1.43. The van der Waals surface area contributed by atoms with Crippen LogP contribution in [0.25, 0.3) is 0 Å². The van der Waals surface area contributed by atoms with Crippen LogP contribution in [0.4, 0.5) is 0 Å². The first-order chi connectivity index (χ1) is 14.3. The Morgan fingerprint density at radius 1 is 0.933 bits per heavy atom. The molecule has 0 aliphatic heterocycles. The summed E-state index contributed by atoms with van der Waals surface area (Å²) in [7, 11) is 2.88. The molecule has 0 amide bonds. The maximum atomic E-state index is 13.5. The smallest absolute Gasteiger partial charge is 0.175 e. The number of aliphatic hydroxyl groups is 1. The lowest BCUT2D eigenvalue weighted by Gasteiger charge is -2.36. The molecule has 7 nitrogen and oxygen atoms in total. The van der Waals surface area contributed by atoms with Crippen LogP contribution in [0.1, 0.15) is 47.4 Å². The maximum Gasteiger partial charge on any atom is 0.175 e. The Kier molecular flexibility index (Phi) is 7.45. The van der Waals surface area contributed by atoms with E-state index in [4.69, 9.17) is 9.47 Å². The highest BCUT2D eigenvalue weighted by Crippen LogP contribution is 2.42. The average Bonchev–Trinajstić information content (AvgIpc) is 2.76. The van der Waals surface area contributed by atoms with Gasteiger partial charge in [0.2, 0.25) is 0 Å². The van der Waals surface area contributed by atoms with Gasteiger partial charge < -0.3 is 24.8 Å². The van der Waals surface area contributed by atoms with Crippen LogP contribution in [-0.2, 0) is 0 Å². The summed E-state index contributed by atoms with van der Waals surface area (Å²) in [4.78, 5) is 26.8. The van der Waals surface area contributed by atoms with Gasteiger partial charge in [-0.2, -0.15) is 0 Å². The third kappa shape index (κ3) is 4.11. The number of methoxy groups -OCH3 is 2. The molecule has 0 aliphatic rings. The van der Waals surface area contributed by atoms with Gasteiger partial charge >= 0.3 is 0 Å². The van der Waals surface area contributed by atoms with Crippen LogP contribution in [-0.4, -0.2) is 47.7 Å². The van der Waals surface area contributed by atoms with Gasteiger partial charge in [-0.1, -0.05) is 13.8 Å². The summed E-state index contributed by atoms with van der Waals surface area (Å²) in [6.45, 7) is 2.86. The zero-order valence-corrected chi connectivity index (χ0v) is 17.6. The molecule has 0 heterocycles. The first-order valence-electron chi connectivity index (χ1n) is 9.73. The largest absolute Gasteiger partial charge is 0.507 e. The molecule has 0 unspecified atom stereocenters. The van der Waals surface area contributed by atoms with Crippen LogP contribution in [0.3, 0.4) is 0 Å². The van der Waals surface area contributed by atoms with E-state index < -0.39 is 29.5 Å². The third-order valence-corrected chi connectivity index (χ3v) is 5.68. The standard InChI is InChI=1S/C23H28O7/c1-5-18(21(27)16-9-7-14(29-3)11-19(16)25)23(6-2,13-24)22(28)17-10-8-15(30-4)12-20(17)26/h7-12,18,24-26H,5-6,13H2,1-4H3/t18-,23+/m0/s1. The molecule has 2 atom stereocenters. The zero-order chi connectivity index (χ0) is 22.5.